The summed E-state index contributed by atoms with van der Waals surface area (Å²) in [5, 5.41) is 10.9. The zero-order valence-electron chi connectivity index (χ0n) is 18.9. The van der Waals surface area contributed by atoms with Crippen LogP contribution in [0.1, 0.15) is 81.6 Å². The first-order valence-corrected chi connectivity index (χ1v) is 10.5. The number of carbonyl (C=O) groups excluding carboxylic acids is 1. The van der Waals surface area contributed by atoms with E-state index in [0.29, 0.717) is 11.7 Å². The summed E-state index contributed by atoms with van der Waals surface area (Å²) < 4.78 is 5.93. The van der Waals surface area contributed by atoms with Crippen molar-refractivity contribution in [2.75, 3.05) is 0 Å². The highest BCUT2D eigenvalue weighted by molar-refractivity contribution is 5.70. The standard InChI is InChI=1S/C23H41NO3/c1-15(2)13-14-20(27-22(26)24(16(3)4)17(5)6)18-11-10-12-19(18)21(25)23(7,8)9/h13-17,19,21,25H,10-12H2,1-9H3/b14-13+,20-18-. The number of ether oxygens (including phenoxy) is 1. The molecule has 2 unspecified atom stereocenters. The lowest BCUT2D eigenvalue weighted by Gasteiger charge is -2.33. The van der Waals surface area contributed by atoms with E-state index in [1.54, 1.807) is 4.90 Å². The Morgan fingerprint density at radius 3 is 2.15 bits per heavy atom. The summed E-state index contributed by atoms with van der Waals surface area (Å²) in [6, 6.07) is 0.134. The third kappa shape index (κ3) is 6.67. The van der Waals surface area contributed by atoms with Crippen molar-refractivity contribution >= 4 is 6.09 Å². The molecule has 0 spiro atoms. The molecule has 4 nitrogen and oxygen atoms in total. The van der Waals surface area contributed by atoms with Crippen LogP contribution in [0.5, 0.6) is 0 Å². The molecular weight excluding hydrogens is 338 g/mol. The molecule has 27 heavy (non-hydrogen) atoms. The Labute approximate surface area is 166 Å². The Hall–Kier alpha value is -1.29. The summed E-state index contributed by atoms with van der Waals surface area (Å²) in [5.41, 5.74) is 0.870. The quantitative estimate of drug-likeness (QED) is 0.583. The zero-order valence-corrected chi connectivity index (χ0v) is 18.9. The molecule has 1 rings (SSSR count). The van der Waals surface area contributed by atoms with Crippen LogP contribution in [0.3, 0.4) is 0 Å². The summed E-state index contributed by atoms with van der Waals surface area (Å²) in [6.45, 7) is 18.4. The molecule has 1 aliphatic rings. The maximum atomic E-state index is 12.9. The van der Waals surface area contributed by atoms with Gasteiger partial charge in [0, 0.05) is 18.0 Å². The van der Waals surface area contributed by atoms with Gasteiger partial charge in [-0.3, -0.25) is 0 Å². The van der Waals surface area contributed by atoms with Gasteiger partial charge in [0.15, 0.2) is 0 Å². The highest BCUT2D eigenvalue weighted by Crippen LogP contribution is 2.41. The lowest BCUT2D eigenvalue weighted by atomic mass is 9.78. The molecule has 0 bridgehead atoms. The molecule has 1 fully saturated rings. The van der Waals surface area contributed by atoms with Crippen molar-refractivity contribution in [2.24, 2.45) is 17.3 Å². The summed E-state index contributed by atoms with van der Waals surface area (Å²) in [4.78, 5) is 14.6. The largest absolute Gasteiger partial charge is 0.415 e. The van der Waals surface area contributed by atoms with E-state index in [1.807, 2.05) is 33.8 Å². The topological polar surface area (TPSA) is 49.8 Å². The second-order valence-electron chi connectivity index (χ2n) is 9.76. The Morgan fingerprint density at radius 2 is 1.70 bits per heavy atom. The average molecular weight is 380 g/mol. The lowest BCUT2D eigenvalue weighted by Crippen LogP contribution is -2.42. The molecule has 1 aliphatic carbocycles. The number of aliphatic hydroxyl groups is 1. The van der Waals surface area contributed by atoms with Gasteiger partial charge in [0.05, 0.1) is 6.10 Å². The monoisotopic (exact) mass is 379 g/mol. The summed E-state index contributed by atoms with van der Waals surface area (Å²) in [7, 11) is 0. The average Bonchev–Trinajstić information content (AvgIpc) is 2.97. The van der Waals surface area contributed by atoms with Gasteiger partial charge in [0.1, 0.15) is 5.76 Å². The number of nitrogens with zero attached hydrogens (tertiary/aromatic N) is 1. The van der Waals surface area contributed by atoms with Crippen LogP contribution >= 0.6 is 0 Å². The molecule has 2 atom stereocenters. The fraction of sp³-hybridized carbons (Fsp3) is 0.783. The van der Waals surface area contributed by atoms with Crippen LogP contribution in [0, 0.1) is 17.3 Å². The van der Waals surface area contributed by atoms with Crippen molar-refractivity contribution in [3.63, 3.8) is 0 Å². The van der Waals surface area contributed by atoms with E-state index in [-0.39, 0.29) is 29.5 Å². The first kappa shape index (κ1) is 23.7. The van der Waals surface area contributed by atoms with E-state index in [0.717, 1.165) is 24.8 Å². The van der Waals surface area contributed by atoms with Crippen molar-refractivity contribution in [3.05, 3.63) is 23.5 Å². The van der Waals surface area contributed by atoms with Crippen LogP contribution in [0.2, 0.25) is 0 Å². The normalized spacial score (nSPS) is 21.4. The number of hydrogen-bond acceptors (Lipinski definition) is 3. The maximum Gasteiger partial charge on any atom is 0.415 e. The molecule has 0 aromatic heterocycles. The number of amides is 1. The molecule has 156 valence electrons. The molecule has 1 saturated carbocycles. The molecule has 0 heterocycles. The van der Waals surface area contributed by atoms with Gasteiger partial charge in [-0.1, -0.05) is 40.7 Å². The molecule has 1 amide bonds. The first-order chi connectivity index (χ1) is 12.4. The minimum Gasteiger partial charge on any atom is -0.410 e. The van der Waals surface area contributed by atoms with Crippen molar-refractivity contribution in [1.29, 1.82) is 0 Å². The fourth-order valence-electron chi connectivity index (χ4n) is 3.78. The van der Waals surface area contributed by atoms with Crippen LogP contribution in [-0.2, 0) is 4.74 Å². The maximum absolute atomic E-state index is 12.9. The lowest BCUT2D eigenvalue weighted by molar-refractivity contribution is 0.0246. The fourth-order valence-corrected chi connectivity index (χ4v) is 3.78. The third-order valence-corrected chi connectivity index (χ3v) is 5.15. The van der Waals surface area contributed by atoms with Crippen molar-refractivity contribution in [3.8, 4) is 0 Å². The van der Waals surface area contributed by atoms with Gasteiger partial charge < -0.3 is 14.7 Å². The van der Waals surface area contributed by atoms with Crippen LogP contribution in [0.15, 0.2) is 23.5 Å². The zero-order chi connectivity index (χ0) is 20.9. The summed E-state index contributed by atoms with van der Waals surface area (Å²) in [5.74, 6) is 1.03. The van der Waals surface area contributed by atoms with E-state index in [9.17, 15) is 9.90 Å². The summed E-state index contributed by atoms with van der Waals surface area (Å²) in [6.07, 6.45) is 6.04. The minimum absolute atomic E-state index is 0.0381. The van der Waals surface area contributed by atoms with E-state index in [2.05, 4.69) is 40.7 Å². The molecule has 4 heteroatoms. The second-order valence-corrected chi connectivity index (χ2v) is 9.76. The Morgan fingerprint density at radius 1 is 1.15 bits per heavy atom. The van der Waals surface area contributed by atoms with E-state index in [4.69, 9.17) is 4.74 Å². The molecular formula is C23H41NO3. The van der Waals surface area contributed by atoms with Crippen LogP contribution in [0.25, 0.3) is 0 Å². The van der Waals surface area contributed by atoms with Crippen molar-refractivity contribution in [2.45, 2.75) is 99.8 Å². The highest BCUT2D eigenvalue weighted by Gasteiger charge is 2.37. The molecule has 1 N–H and O–H groups in total. The van der Waals surface area contributed by atoms with Gasteiger partial charge >= 0.3 is 6.09 Å². The Kier molecular flexibility index (Phi) is 8.59. The number of aliphatic hydroxyl groups excluding tert-OH is 1. The third-order valence-electron chi connectivity index (χ3n) is 5.15. The number of allylic oxidation sites excluding steroid dienone is 2. The van der Waals surface area contributed by atoms with Crippen LogP contribution in [-0.4, -0.2) is 34.3 Å². The van der Waals surface area contributed by atoms with Crippen LogP contribution < -0.4 is 0 Å². The van der Waals surface area contributed by atoms with E-state index < -0.39 is 6.10 Å². The molecule has 0 aromatic carbocycles. The Balaban J connectivity index is 3.27. The minimum atomic E-state index is -0.456. The number of rotatable bonds is 6. The van der Waals surface area contributed by atoms with E-state index in [1.165, 1.54) is 0 Å². The van der Waals surface area contributed by atoms with Gasteiger partial charge in [-0.2, -0.15) is 0 Å². The highest BCUT2D eigenvalue weighted by atomic mass is 16.6. The SMILES string of the molecule is CC(C)/C=C/C(OC(=O)N(C(C)C)C(C)C)=C1\CCCC1C(O)C(C)(C)C. The van der Waals surface area contributed by atoms with Gasteiger partial charge in [-0.15, -0.1) is 0 Å². The predicted molar refractivity (Wildman–Crippen MR) is 112 cm³/mol. The van der Waals surface area contributed by atoms with Crippen LogP contribution in [0.4, 0.5) is 4.79 Å². The predicted octanol–water partition coefficient (Wildman–Crippen LogP) is 5.92. The van der Waals surface area contributed by atoms with Crippen molar-refractivity contribution in [1.82, 2.24) is 4.90 Å². The molecule has 0 aromatic rings. The molecule has 0 radical (unpaired) electrons. The molecule has 0 saturated heterocycles. The van der Waals surface area contributed by atoms with Gasteiger partial charge in [-0.05, 0) is 69.9 Å². The molecule has 0 aliphatic heterocycles. The van der Waals surface area contributed by atoms with Gasteiger partial charge in [0.2, 0.25) is 0 Å². The second kappa shape index (κ2) is 9.77. The number of hydrogen-bond donors (Lipinski definition) is 1. The van der Waals surface area contributed by atoms with Gasteiger partial charge in [0.25, 0.3) is 0 Å². The van der Waals surface area contributed by atoms with Gasteiger partial charge in [-0.25, -0.2) is 4.79 Å². The summed E-state index contributed by atoms with van der Waals surface area (Å²) >= 11 is 0. The van der Waals surface area contributed by atoms with Crippen molar-refractivity contribution < 1.29 is 14.6 Å². The first-order valence-electron chi connectivity index (χ1n) is 10.5. The smallest absolute Gasteiger partial charge is 0.410 e. The Bertz CT molecular complexity index is 544. The number of carbonyl (C=O) groups is 1. The van der Waals surface area contributed by atoms with E-state index >= 15 is 0 Å².